The maximum absolute atomic E-state index is 12.4. The van der Waals surface area contributed by atoms with Gasteiger partial charge in [-0.1, -0.05) is 0 Å². The molecule has 2 aromatic rings. The Morgan fingerprint density at radius 1 is 1.36 bits per heavy atom. The van der Waals surface area contributed by atoms with Gasteiger partial charge in [-0.3, -0.25) is 19.1 Å². The number of halogens is 1. The molecule has 10 heteroatoms. The van der Waals surface area contributed by atoms with Crippen molar-refractivity contribution in [2.45, 2.75) is 39.8 Å². The van der Waals surface area contributed by atoms with Crippen LogP contribution in [0.4, 0.5) is 5.69 Å². The molecule has 2 aromatic heterocycles. The van der Waals surface area contributed by atoms with Gasteiger partial charge in [-0.2, -0.15) is 5.10 Å². The number of hydrogen-bond donors (Lipinski definition) is 3. The maximum atomic E-state index is 12.4. The van der Waals surface area contributed by atoms with E-state index in [1.165, 1.54) is 4.57 Å². The van der Waals surface area contributed by atoms with Gasteiger partial charge in [0.25, 0.3) is 11.5 Å². The Labute approximate surface area is 168 Å². The van der Waals surface area contributed by atoms with E-state index in [0.717, 1.165) is 31.0 Å². The van der Waals surface area contributed by atoms with E-state index < -0.39 is 11.5 Å². The van der Waals surface area contributed by atoms with Crippen molar-refractivity contribution >= 4 is 29.9 Å². The minimum Gasteiger partial charge on any atom is -0.365 e. The van der Waals surface area contributed by atoms with Crippen LogP contribution in [0.15, 0.2) is 10.9 Å². The van der Waals surface area contributed by atoms with Gasteiger partial charge in [0.15, 0.2) is 0 Å². The van der Waals surface area contributed by atoms with Gasteiger partial charge in [-0.15, -0.1) is 12.4 Å². The van der Waals surface area contributed by atoms with Crippen LogP contribution in [0.1, 0.15) is 39.4 Å². The van der Waals surface area contributed by atoms with Crippen molar-refractivity contribution in [3.63, 3.8) is 0 Å². The topological polar surface area (TPSA) is 124 Å². The number of fused-ring (bicyclic) bond motifs is 1. The lowest BCUT2D eigenvalue weighted by Gasteiger charge is -2.17. The second kappa shape index (κ2) is 8.57. The zero-order valence-electron chi connectivity index (χ0n) is 16.2. The molecule has 0 saturated carbocycles. The molecule has 152 valence electrons. The fraction of sp³-hybridized carbons (Fsp3) is 0.444. The third-order valence-electron chi connectivity index (χ3n) is 4.97. The van der Waals surface area contributed by atoms with Crippen LogP contribution in [-0.4, -0.2) is 32.7 Å². The lowest BCUT2D eigenvalue weighted by molar-refractivity contribution is -0.116. The smallest absolute Gasteiger partial charge is 0.263 e. The van der Waals surface area contributed by atoms with E-state index in [1.54, 1.807) is 20.9 Å². The molecule has 0 spiro atoms. The van der Waals surface area contributed by atoms with Crippen LogP contribution in [-0.2, 0) is 31.4 Å². The zero-order valence-corrected chi connectivity index (χ0v) is 17.0. The minimum atomic E-state index is -0.805. The van der Waals surface area contributed by atoms with Gasteiger partial charge in [0.1, 0.15) is 5.56 Å². The molecule has 4 N–H and O–H groups in total. The second-order valence-corrected chi connectivity index (χ2v) is 6.76. The fourth-order valence-electron chi connectivity index (χ4n) is 3.34. The van der Waals surface area contributed by atoms with Crippen LogP contribution in [0.2, 0.25) is 0 Å². The highest BCUT2D eigenvalue weighted by atomic mass is 35.5. The molecule has 1 aliphatic rings. The summed E-state index contributed by atoms with van der Waals surface area (Å²) in [5.74, 6) is -1.01. The molecule has 0 aliphatic carbocycles. The van der Waals surface area contributed by atoms with E-state index in [9.17, 15) is 14.4 Å². The quantitative estimate of drug-likeness (QED) is 0.660. The molecular formula is C18H25ClN6O3. The van der Waals surface area contributed by atoms with E-state index in [1.807, 2.05) is 10.7 Å². The number of pyridine rings is 1. The predicted molar refractivity (Wildman–Crippen MR) is 108 cm³/mol. The summed E-state index contributed by atoms with van der Waals surface area (Å²) >= 11 is 0. The van der Waals surface area contributed by atoms with Crippen molar-refractivity contribution in [2.75, 3.05) is 11.9 Å². The Morgan fingerprint density at radius 3 is 2.71 bits per heavy atom. The summed E-state index contributed by atoms with van der Waals surface area (Å²) in [4.78, 5) is 36.3. The van der Waals surface area contributed by atoms with E-state index in [2.05, 4.69) is 15.7 Å². The van der Waals surface area contributed by atoms with Crippen molar-refractivity contribution in [1.29, 1.82) is 0 Å². The number of nitrogens with zero attached hydrogens (tertiary/aromatic N) is 3. The molecule has 3 rings (SSSR count). The maximum Gasteiger partial charge on any atom is 0.263 e. The summed E-state index contributed by atoms with van der Waals surface area (Å²) in [5.41, 5.74) is 8.16. The first-order chi connectivity index (χ1) is 12.8. The number of amides is 2. The highest BCUT2D eigenvalue weighted by Gasteiger charge is 2.20. The van der Waals surface area contributed by atoms with Crippen molar-refractivity contribution < 1.29 is 9.59 Å². The standard InChI is InChI=1S/C18H24N6O3.ClH/c1-10-15(17(19)26)18(27)23(3)11(2)16(10)21-14(25)5-4-12-8-13-9-20-6-7-24(13)22-12;/h8,20H,4-7,9H2,1-3H3,(H2,19,26)(H,21,25);1H. The van der Waals surface area contributed by atoms with Gasteiger partial charge < -0.3 is 20.9 Å². The summed E-state index contributed by atoms with van der Waals surface area (Å²) in [6, 6.07) is 2.01. The van der Waals surface area contributed by atoms with Crippen LogP contribution < -0.4 is 21.9 Å². The summed E-state index contributed by atoms with van der Waals surface area (Å²) < 4.78 is 3.28. The number of primary amides is 1. The van der Waals surface area contributed by atoms with Crippen molar-refractivity contribution in [3.05, 3.63) is 44.6 Å². The normalized spacial score (nSPS) is 12.8. The number of carbonyl (C=O) groups is 2. The first kappa shape index (κ1) is 21.6. The molecular weight excluding hydrogens is 384 g/mol. The molecule has 0 atom stereocenters. The lowest BCUT2D eigenvalue weighted by Crippen LogP contribution is -2.32. The zero-order chi connectivity index (χ0) is 19.7. The Balaban J connectivity index is 0.00000280. The van der Waals surface area contributed by atoms with Crippen molar-refractivity contribution in [2.24, 2.45) is 12.8 Å². The highest BCUT2D eigenvalue weighted by Crippen LogP contribution is 2.21. The Hall–Kier alpha value is -2.65. The molecule has 2 amide bonds. The third-order valence-corrected chi connectivity index (χ3v) is 4.97. The molecule has 0 aromatic carbocycles. The van der Waals surface area contributed by atoms with Crippen LogP contribution in [0.3, 0.4) is 0 Å². The predicted octanol–water partition coefficient (Wildman–Crippen LogP) is 0.394. The Bertz CT molecular complexity index is 955. The third kappa shape index (κ3) is 4.10. The van der Waals surface area contributed by atoms with Crippen molar-refractivity contribution in [3.8, 4) is 0 Å². The number of nitrogens with one attached hydrogen (secondary N) is 2. The van der Waals surface area contributed by atoms with Crippen LogP contribution in [0.5, 0.6) is 0 Å². The number of aromatic nitrogens is 3. The molecule has 28 heavy (non-hydrogen) atoms. The second-order valence-electron chi connectivity index (χ2n) is 6.76. The molecule has 0 saturated heterocycles. The van der Waals surface area contributed by atoms with Gasteiger partial charge in [0.2, 0.25) is 5.91 Å². The number of aryl methyl sites for hydroxylation is 1. The van der Waals surface area contributed by atoms with Crippen LogP contribution in [0, 0.1) is 13.8 Å². The summed E-state index contributed by atoms with van der Waals surface area (Å²) in [7, 11) is 1.54. The van der Waals surface area contributed by atoms with Crippen LogP contribution in [0.25, 0.3) is 0 Å². The molecule has 1 aliphatic heterocycles. The highest BCUT2D eigenvalue weighted by molar-refractivity contribution is 5.98. The van der Waals surface area contributed by atoms with Gasteiger partial charge in [-0.05, 0) is 25.5 Å². The first-order valence-electron chi connectivity index (χ1n) is 8.85. The number of hydrogen-bond acceptors (Lipinski definition) is 5. The van der Waals surface area contributed by atoms with E-state index in [4.69, 9.17) is 5.73 Å². The summed E-state index contributed by atoms with van der Waals surface area (Å²) in [6.45, 7) is 5.83. The lowest BCUT2D eigenvalue weighted by atomic mass is 10.1. The number of nitrogens with two attached hydrogens (primary N) is 1. The fourth-order valence-corrected chi connectivity index (χ4v) is 3.34. The average Bonchev–Trinajstić information content (AvgIpc) is 3.04. The molecule has 0 radical (unpaired) electrons. The molecule has 9 nitrogen and oxygen atoms in total. The van der Waals surface area contributed by atoms with Crippen LogP contribution >= 0.6 is 12.4 Å². The number of rotatable bonds is 5. The SMILES string of the molecule is Cc1c(NC(=O)CCc2cc3n(n2)CCNC3)c(C)n(C)c(=O)c1C(N)=O.Cl. The van der Waals surface area contributed by atoms with Crippen molar-refractivity contribution in [1.82, 2.24) is 19.7 Å². The van der Waals surface area contributed by atoms with Gasteiger partial charge >= 0.3 is 0 Å². The first-order valence-corrected chi connectivity index (χ1v) is 8.85. The largest absolute Gasteiger partial charge is 0.365 e. The summed E-state index contributed by atoms with van der Waals surface area (Å²) in [5, 5.41) is 10.6. The van der Waals surface area contributed by atoms with E-state index in [0.29, 0.717) is 23.4 Å². The van der Waals surface area contributed by atoms with Gasteiger partial charge in [0.05, 0.1) is 23.6 Å². The Kier molecular flexibility index (Phi) is 6.63. The summed E-state index contributed by atoms with van der Waals surface area (Å²) in [6.07, 6.45) is 0.760. The van der Waals surface area contributed by atoms with Gasteiger partial charge in [-0.25, -0.2) is 0 Å². The molecule has 0 fully saturated rings. The van der Waals surface area contributed by atoms with E-state index >= 15 is 0 Å². The molecule has 0 unspecified atom stereocenters. The monoisotopic (exact) mass is 408 g/mol. The Morgan fingerprint density at radius 2 is 2.07 bits per heavy atom. The minimum absolute atomic E-state index is 0. The number of carbonyl (C=O) groups excluding carboxylic acids is 2. The number of anilines is 1. The van der Waals surface area contributed by atoms with Gasteiger partial charge in [0, 0.05) is 38.7 Å². The molecule has 0 bridgehead atoms. The average molecular weight is 409 g/mol. The molecule has 3 heterocycles. The van der Waals surface area contributed by atoms with E-state index in [-0.39, 0.29) is 30.3 Å².